The Balaban J connectivity index is 1.68. The molecule has 7 atom stereocenters. The van der Waals surface area contributed by atoms with Crippen LogP contribution in [-0.2, 0) is 46.1 Å². The van der Waals surface area contributed by atoms with E-state index >= 15 is 0 Å². The van der Waals surface area contributed by atoms with Crippen molar-refractivity contribution in [2.75, 3.05) is 13.7 Å². The van der Waals surface area contributed by atoms with Crippen LogP contribution in [0, 0.1) is 11.8 Å². The van der Waals surface area contributed by atoms with Crippen molar-refractivity contribution < 1.29 is 43.2 Å². The van der Waals surface area contributed by atoms with Gasteiger partial charge in [-0.25, -0.2) is 4.79 Å². The van der Waals surface area contributed by atoms with Crippen LogP contribution in [0.15, 0.2) is 116 Å². The van der Waals surface area contributed by atoms with E-state index < -0.39 is 67.1 Å². The molecular formula is C38H42O9. The fourth-order valence-corrected chi connectivity index (χ4v) is 5.57. The standard InChI is InChI=1S/C38H42O9/c1-4-15-29(23-26-17-9-6-10-18-26)36(41)45-32-31(25-39)44-38(43-3)34(47-35(40)28-21-13-8-14-22-28)33(32)46-37(42)30(16-5-2)24-27-19-11-7-12-20-27/h4-14,17-22,29-34,38-39H,1-2,15-16,23-25H2,3H3/t29-,30-,31+,32+,33-,34-,38-/m0/s1. The average Bonchev–Trinajstić information content (AvgIpc) is 3.10. The smallest absolute Gasteiger partial charge is 0.338 e. The number of rotatable bonds is 16. The van der Waals surface area contributed by atoms with Gasteiger partial charge >= 0.3 is 17.9 Å². The molecule has 3 aromatic rings. The Morgan fingerprint density at radius 3 is 1.64 bits per heavy atom. The van der Waals surface area contributed by atoms with Gasteiger partial charge in [-0.2, -0.15) is 0 Å². The lowest BCUT2D eigenvalue weighted by atomic mass is 9.94. The minimum absolute atomic E-state index is 0.243. The SMILES string of the molecule is C=CC[C@@H](Cc1ccccc1)C(=O)O[C@@H]1[C@H](OC(=O)c2ccccc2)[C@@H](OC)O[C@H](CO)[C@H]1OC(=O)[C@@H](CC=C)Cc1ccccc1. The first-order valence-electron chi connectivity index (χ1n) is 15.6. The van der Waals surface area contributed by atoms with E-state index in [9.17, 15) is 19.5 Å². The van der Waals surface area contributed by atoms with Gasteiger partial charge in [-0.3, -0.25) is 9.59 Å². The Hall–Kier alpha value is -4.57. The molecule has 1 heterocycles. The summed E-state index contributed by atoms with van der Waals surface area (Å²) in [5.41, 5.74) is 2.07. The molecule has 1 saturated heterocycles. The molecule has 0 spiro atoms. The van der Waals surface area contributed by atoms with E-state index in [1.54, 1.807) is 42.5 Å². The predicted octanol–water partition coefficient (Wildman–Crippen LogP) is 5.27. The fraction of sp³-hybridized carbons (Fsp3) is 0.342. The minimum Gasteiger partial charge on any atom is -0.455 e. The number of methoxy groups -OCH3 is 1. The lowest BCUT2D eigenvalue weighted by molar-refractivity contribution is -0.300. The largest absolute Gasteiger partial charge is 0.455 e. The molecule has 47 heavy (non-hydrogen) atoms. The summed E-state index contributed by atoms with van der Waals surface area (Å²) in [6.45, 7) is 7.01. The van der Waals surface area contributed by atoms with Crippen LogP contribution in [0.1, 0.15) is 34.3 Å². The maximum atomic E-state index is 13.9. The highest BCUT2D eigenvalue weighted by Crippen LogP contribution is 2.32. The molecule has 0 aromatic heterocycles. The molecule has 0 saturated carbocycles. The molecule has 1 aliphatic rings. The van der Waals surface area contributed by atoms with Crippen molar-refractivity contribution in [2.24, 2.45) is 11.8 Å². The quantitative estimate of drug-likeness (QED) is 0.127. The van der Waals surface area contributed by atoms with Crippen molar-refractivity contribution in [3.8, 4) is 0 Å². The van der Waals surface area contributed by atoms with Gasteiger partial charge in [0.15, 0.2) is 24.6 Å². The summed E-state index contributed by atoms with van der Waals surface area (Å²) in [7, 11) is 1.34. The van der Waals surface area contributed by atoms with Gasteiger partial charge in [0.1, 0.15) is 6.10 Å². The van der Waals surface area contributed by atoms with Gasteiger partial charge in [-0.15, -0.1) is 13.2 Å². The second kappa shape index (κ2) is 17.9. The van der Waals surface area contributed by atoms with Crippen molar-refractivity contribution in [3.63, 3.8) is 0 Å². The maximum absolute atomic E-state index is 13.9. The molecule has 9 heteroatoms. The highest BCUT2D eigenvalue weighted by Gasteiger charge is 2.53. The third-order valence-electron chi connectivity index (χ3n) is 7.98. The van der Waals surface area contributed by atoms with Crippen LogP contribution >= 0.6 is 0 Å². The second-order valence-corrected chi connectivity index (χ2v) is 11.3. The molecule has 0 bridgehead atoms. The van der Waals surface area contributed by atoms with Gasteiger partial charge in [0.25, 0.3) is 0 Å². The lowest BCUT2D eigenvalue weighted by Crippen LogP contribution is -2.63. The summed E-state index contributed by atoms with van der Waals surface area (Å²) in [5.74, 6) is -3.25. The Labute approximate surface area is 275 Å². The third-order valence-corrected chi connectivity index (χ3v) is 7.98. The zero-order valence-electron chi connectivity index (χ0n) is 26.5. The van der Waals surface area contributed by atoms with Crippen molar-refractivity contribution in [1.82, 2.24) is 0 Å². The van der Waals surface area contributed by atoms with Gasteiger partial charge in [0.05, 0.1) is 24.0 Å². The van der Waals surface area contributed by atoms with Gasteiger partial charge in [0, 0.05) is 7.11 Å². The number of aliphatic hydroxyl groups excluding tert-OH is 1. The predicted molar refractivity (Wildman–Crippen MR) is 175 cm³/mol. The van der Waals surface area contributed by atoms with Crippen molar-refractivity contribution in [3.05, 3.63) is 133 Å². The molecule has 9 nitrogen and oxygen atoms in total. The van der Waals surface area contributed by atoms with Crippen molar-refractivity contribution >= 4 is 17.9 Å². The third kappa shape index (κ3) is 9.71. The molecule has 3 aromatic carbocycles. The number of carbonyl (C=O) groups excluding carboxylic acids is 3. The average molecular weight is 643 g/mol. The first-order chi connectivity index (χ1) is 22.9. The van der Waals surface area contributed by atoms with E-state index in [2.05, 4.69) is 13.2 Å². The Kier molecular flexibility index (Phi) is 13.5. The zero-order valence-corrected chi connectivity index (χ0v) is 26.5. The molecular weight excluding hydrogens is 600 g/mol. The zero-order chi connectivity index (χ0) is 33.6. The van der Waals surface area contributed by atoms with Gasteiger partial charge in [-0.1, -0.05) is 91.0 Å². The maximum Gasteiger partial charge on any atom is 0.338 e. The fourth-order valence-electron chi connectivity index (χ4n) is 5.57. The van der Waals surface area contributed by atoms with Crippen molar-refractivity contribution in [1.29, 1.82) is 0 Å². The summed E-state index contributed by atoms with van der Waals surface area (Å²) in [6, 6.07) is 27.2. The molecule has 4 rings (SSSR count). The Morgan fingerprint density at radius 1 is 0.723 bits per heavy atom. The summed E-state index contributed by atoms with van der Waals surface area (Å²) in [4.78, 5) is 41.0. The Bertz CT molecular complexity index is 1440. The number of hydrogen-bond acceptors (Lipinski definition) is 9. The van der Waals surface area contributed by atoms with E-state index in [1.807, 2.05) is 60.7 Å². The molecule has 1 fully saturated rings. The number of esters is 3. The van der Waals surface area contributed by atoms with Crippen LogP contribution in [0.5, 0.6) is 0 Å². The number of allylic oxidation sites excluding steroid dienone is 2. The summed E-state index contributed by atoms with van der Waals surface area (Å²) in [5, 5.41) is 10.4. The monoisotopic (exact) mass is 642 g/mol. The molecule has 1 N–H and O–H groups in total. The van der Waals surface area contributed by atoms with Crippen LogP contribution < -0.4 is 0 Å². The number of carbonyl (C=O) groups is 3. The molecule has 248 valence electrons. The van der Waals surface area contributed by atoms with Crippen LogP contribution in [0.3, 0.4) is 0 Å². The molecule has 0 aliphatic carbocycles. The van der Waals surface area contributed by atoms with Gasteiger partial charge in [0.2, 0.25) is 0 Å². The number of aliphatic hydroxyl groups is 1. The minimum atomic E-state index is -1.39. The van der Waals surface area contributed by atoms with E-state index in [1.165, 1.54) is 7.11 Å². The van der Waals surface area contributed by atoms with Gasteiger partial charge in [-0.05, 0) is 48.9 Å². The number of benzene rings is 3. The van der Waals surface area contributed by atoms with E-state index in [-0.39, 0.29) is 5.56 Å². The number of hydrogen-bond donors (Lipinski definition) is 1. The van der Waals surface area contributed by atoms with E-state index in [4.69, 9.17) is 23.7 Å². The van der Waals surface area contributed by atoms with E-state index in [0.29, 0.717) is 25.7 Å². The number of ether oxygens (including phenoxy) is 5. The first-order valence-corrected chi connectivity index (χ1v) is 15.6. The lowest BCUT2D eigenvalue weighted by Gasteiger charge is -2.44. The van der Waals surface area contributed by atoms with Crippen LogP contribution in [0.2, 0.25) is 0 Å². The second-order valence-electron chi connectivity index (χ2n) is 11.3. The molecule has 1 aliphatic heterocycles. The summed E-state index contributed by atoms with van der Waals surface area (Å²) >= 11 is 0. The van der Waals surface area contributed by atoms with Gasteiger partial charge < -0.3 is 28.8 Å². The molecule has 0 radical (unpaired) electrons. The van der Waals surface area contributed by atoms with Crippen LogP contribution in [-0.4, -0.2) is 67.4 Å². The van der Waals surface area contributed by atoms with Crippen molar-refractivity contribution in [2.45, 2.75) is 56.4 Å². The van der Waals surface area contributed by atoms with Crippen LogP contribution in [0.4, 0.5) is 0 Å². The highest BCUT2D eigenvalue weighted by molar-refractivity contribution is 5.89. The van der Waals surface area contributed by atoms with Crippen LogP contribution in [0.25, 0.3) is 0 Å². The summed E-state index contributed by atoms with van der Waals surface area (Å²) < 4.78 is 29.6. The highest BCUT2D eigenvalue weighted by atomic mass is 16.7. The first kappa shape index (κ1) is 35.3. The van der Waals surface area contributed by atoms with E-state index in [0.717, 1.165) is 11.1 Å². The summed E-state index contributed by atoms with van der Waals surface area (Å²) in [6.07, 6.45) is -1.95. The molecule has 0 amide bonds. The molecule has 0 unspecified atom stereocenters. The normalized spacial score (nSPS) is 21.9. The Morgan fingerprint density at radius 2 is 1.19 bits per heavy atom. The topological polar surface area (TPSA) is 118 Å².